The number of nitrogens with one attached hydrogen (secondary N) is 1. The van der Waals surface area contributed by atoms with E-state index in [-0.39, 0.29) is 5.82 Å². The second-order valence-electron chi connectivity index (χ2n) is 7.53. The standard InChI is InChI=1S/C23H26FN5/c1-17(2)18-7-3-5-9-20(18)26-22-11-12-25-23(27-22)29-15-13-28(14-16-29)21-10-6-4-8-19(21)24/h3-12,17H,13-16H2,1-2H3,(H,25,26,27). The van der Waals surface area contributed by atoms with Gasteiger partial charge in [-0.1, -0.05) is 44.2 Å². The molecular weight excluding hydrogens is 365 g/mol. The molecular formula is C23H26FN5. The molecule has 150 valence electrons. The quantitative estimate of drug-likeness (QED) is 0.676. The van der Waals surface area contributed by atoms with Crippen molar-refractivity contribution in [3.05, 3.63) is 72.2 Å². The van der Waals surface area contributed by atoms with Gasteiger partial charge in [0, 0.05) is 38.1 Å². The molecule has 0 bridgehead atoms. The third kappa shape index (κ3) is 4.31. The van der Waals surface area contributed by atoms with Crippen LogP contribution in [0.1, 0.15) is 25.3 Å². The van der Waals surface area contributed by atoms with E-state index in [9.17, 15) is 4.39 Å². The fourth-order valence-corrected chi connectivity index (χ4v) is 3.68. The first kappa shape index (κ1) is 19.2. The van der Waals surface area contributed by atoms with E-state index >= 15 is 0 Å². The largest absolute Gasteiger partial charge is 0.366 e. The summed E-state index contributed by atoms with van der Waals surface area (Å²) in [6.07, 6.45) is 1.78. The van der Waals surface area contributed by atoms with E-state index in [4.69, 9.17) is 4.98 Å². The van der Waals surface area contributed by atoms with Crippen LogP contribution < -0.4 is 15.1 Å². The fourth-order valence-electron chi connectivity index (χ4n) is 3.68. The number of hydrogen-bond acceptors (Lipinski definition) is 5. The van der Waals surface area contributed by atoms with Crippen LogP contribution in [0.25, 0.3) is 0 Å². The van der Waals surface area contributed by atoms with Crippen molar-refractivity contribution in [2.45, 2.75) is 19.8 Å². The molecule has 1 aliphatic heterocycles. The van der Waals surface area contributed by atoms with E-state index in [1.54, 1.807) is 12.3 Å². The molecule has 1 aromatic heterocycles. The fraction of sp³-hybridized carbons (Fsp3) is 0.304. The molecule has 6 heteroatoms. The van der Waals surface area contributed by atoms with Crippen molar-refractivity contribution >= 4 is 23.1 Å². The third-order valence-electron chi connectivity index (χ3n) is 5.24. The lowest BCUT2D eigenvalue weighted by Crippen LogP contribution is -2.47. The molecule has 0 aliphatic carbocycles. The molecule has 1 N–H and O–H groups in total. The van der Waals surface area contributed by atoms with Crippen molar-refractivity contribution in [1.29, 1.82) is 0 Å². The number of rotatable bonds is 5. The van der Waals surface area contributed by atoms with Crippen LogP contribution in [0.3, 0.4) is 0 Å². The van der Waals surface area contributed by atoms with Gasteiger partial charge in [-0.25, -0.2) is 9.37 Å². The normalized spacial score (nSPS) is 14.3. The molecule has 0 unspecified atom stereocenters. The Morgan fingerprint density at radius 1 is 0.897 bits per heavy atom. The highest BCUT2D eigenvalue weighted by molar-refractivity contribution is 5.62. The predicted octanol–water partition coefficient (Wildman–Crippen LogP) is 4.81. The van der Waals surface area contributed by atoms with Crippen molar-refractivity contribution in [3.63, 3.8) is 0 Å². The van der Waals surface area contributed by atoms with Crippen LogP contribution in [0.15, 0.2) is 60.8 Å². The first-order valence-corrected chi connectivity index (χ1v) is 10.1. The second-order valence-corrected chi connectivity index (χ2v) is 7.53. The molecule has 0 amide bonds. The van der Waals surface area contributed by atoms with Crippen LogP contribution in [-0.2, 0) is 0 Å². The topological polar surface area (TPSA) is 44.3 Å². The number of benzene rings is 2. The lowest BCUT2D eigenvalue weighted by atomic mass is 10.0. The Balaban J connectivity index is 1.46. The lowest BCUT2D eigenvalue weighted by molar-refractivity contribution is 0.594. The molecule has 0 saturated carbocycles. The minimum atomic E-state index is -0.174. The highest BCUT2D eigenvalue weighted by Crippen LogP contribution is 2.27. The summed E-state index contributed by atoms with van der Waals surface area (Å²) in [7, 11) is 0. The van der Waals surface area contributed by atoms with Gasteiger partial charge < -0.3 is 15.1 Å². The number of aromatic nitrogens is 2. The van der Waals surface area contributed by atoms with Crippen molar-refractivity contribution in [2.24, 2.45) is 0 Å². The summed E-state index contributed by atoms with van der Waals surface area (Å²) in [5.41, 5.74) is 2.98. The minimum Gasteiger partial charge on any atom is -0.366 e. The summed E-state index contributed by atoms with van der Waals surface area (Å²) in [5.74, 6) is 1.73. The number of hydrogen-bond donors (Lipinski definition) is 1. The molecule has 4 rings (SSSR count). The maximum Gasteiger partial charge on any atom is 0.227 e. The zero-order chi connectivity index (χ0) is 20.2. The molecule has 2 aromatic carbocycles. The molecule has 2 heterocycles. The van der Waals surface area contributed by atoms with Crippen molar-refractivity contribution < 1.29 is 4.39 Å². The third-order valence-corrected chi connectivity index (χ3v) is 5.24. The number of nitrogens with zero attached hydrogens (tertiary/aromatic N) is 4. The maximum absolute atomic E-state index is 14.1. The van der Waals surface area contributed by atoms with Gasteiger partial charge >= 0.3 is 0 Å². The van der Waals surface area contributed by atoms with E-state index in [1.807, 2.05) is 24.3 Å². The zero-order valence-electron chi connectivity index (χ0n) is 16.8. The van der Waals surface area contributed by atoms with Gasteiger partial charge in [-0.3, -0.25) is 0 Å². The van der Waals surface area contributed by atoms with Crippen molar-refractivity contribution in [2.75, 3.05) is 41.3 Å². The average molecular weight is 391 g/mol. The predicted molar refractivity (Wildman–Crippen MR) is 117 cm³/mol. The van der Waals surface area contributed by atoms with Crippen LogP contribution in [0.2, 0.25) is 0 Å². The van der Waals surface area contributed by atoms with Crippen LogP contribution >= 0.6 is 0 Å². The highest BCUT2D eigenvalue weighted by Gasteiger charge is 2.21. The summed E-state index contributed by atoms with van der Waals surface area (Å²) in [6, 6.07) is 17.1. The van der Waals surface area contributed by atoms with Crippen LogP contribution in [-0.4, -0.2) is 36.1 Å². The molecule has 0 radical (unpaired) electrons. The average Bonchev–Trinajstić information content (AvgIpc) is 2.75. The first-order valence-electron chi connectivity index (χ1n) is 10.1. The van der Waals surface area contributed by atoms with E-state index in [0.29, 0.717) is 17.6 Å². The number of halogens is 1. The minimum absolute atomic E-state index is 0.174. The van der Waals surface area contributed by atoms with E-state index < -0.39 is 0 Å². The van der Waals surface area contributed by atoms with Gasteiger partial charge in [0.15, 0.2) is 0 Å². The molecule has 0 spiro atoms. The Morgan fingerprint density at radius 2 is 1.59 bits per heavy atom. The van der Waals surface area contributed by atoms with Gasteiger partial charge in [0.25, 0.3) is 0 Å². The van der Waals surface area contributed by atoms with Crippen molar-refractivity contribution in [1.82, 2.24) is 9.97 Å². The number of piperazine rings is 1. The Hall–Kier alpha value is -3.15. The summed E-state index contributed by atoms with van der Waals surface area (Å²) < 4.78 is 14.1. The number of para-hydroxylation sites is 2. The van der Waals surface area contributed by atoms with Gasteiger partial charge in [-0.2, -0.15) is 4.98 Å². The SMILES string of the molecule is CC(C)c1ccccc1Nc1ccnc(N2CCN(c3ccccc3F)CC2)n1. The summed E-state index contributed by atoms with van der Waals surface area (Å²) in [5, 5.41) is 3.44. The summed E-state index contributed by atoms with van der Waals surface area (Å²) in [4.78, 5) is 13.4. The van der Waals surface area contributed by atoms with Gasteiger partial charge in [0.2, 0.25) is 5.95 Å². The first-order chi connectivity index (χ1) is 14.1. The summed E-state index contributed by atoms with van der Waals surface area (Å²) in [6.45, 7) is 7.33. The monoisotopic (exact) mass is 391 g/mol. The molecule has 3 aromatic rings. The molecule has 1 aliphatic rings. The Morgan fingerprint density at radius 3 is 2.34 bits per heavy atom. The van der Waals surface area contributed by atoms with Crippen molar-refractivity contribution in [3.8, 4) is 0 Å². The molecule has 29 heavy (non-hydrogen) atoms. The van der Waals surface area contributed by atoms with Gasteiger partial charge in [-0.05, 0) is 35.7 Å². The Bertz CT molecular complexity index is 967. The van der Waals surface area contributed by atoms with Crippen LogP contribution in [0, 0.1) is 5.82 Å². The molecule has 1 fully saturated rings. The zero-order valence-corrected chi connectivity index (χ0v) is 16.8. The highest BCUT2D eigenvalue weighted by atomic mass is 19.1. The summed E-state index contributed by atoms with van der Waals surface area (Å²) >= 11 is 0. The number of anilines is 4. The second kappa shape index (κ2) is 8.47. The van der Waals surface area contributed by atoms with Gasteiger partial charge in [0.05, 0.1) is 5.69 Å². The van der Waals surface area contributed by atoms with E-state index in [2.05, 4.69) is 52.1 Å². The lowest BCUT2D eigenvalue weighted by Gasteiger charge is -2.36. The van der Waals surface area contributed by atoms with Crippen LogP contribution in [0.4, 0.5) is 27.5 Å². The Kier molecular flexibility index (Phi) is 5.60. The van der Waals surface area contributed by atoms with E-state index in [1.165, 1.54) is 11.6 Å². The maximum atomic E-state index is 14.1. The Labute approximate surface area is 171 Å². The molecule has 0 atom stereocenters. The van der Waals surface area contributed by atoms with E-state index in [0.717, 1.165) is 37.7 Å². The molecule has 5 nitrogen and oxygen atoms in total. The smallest absolute Gasteiger partial charge is 0.227 e. The van der Waals surface area contributed by atoms with Gasteiger partial charge in [0.1, 0.15) is 11.6 Å². The van der Waals surface area contributed by atoms with Gasteiger partial charge in [-0.15, -0.1) is 0 Å². The van der Waals surface area contributed by atoms with Crippen LogP contribution in [0.5, 0.6) is 0 Å². The molecule has 1 saturated heterocycles.